The second-order valence-electron chi connectivity index (χ2n) is 9.02. The first-order valence-electron chi connectivity index (χ1n) is 11.5. The van der Waals surface area contributed by atoms with Crippen LogP contribution in [0.5, 0.6) is 0 Å². The minimum absolute atomic E-state index is 0.0788. The smallest absolute Gasteiger partial charge is 0.305 e. The molecule has 1 heterocycles. The van der Waals surface area contributed by atoms with Crippen molar-refractivity contribution in [1.29, 1.82) is 5.26 Å². The summed E-state index contributed by atoms with van der Waals surface area (Å²) in [7, 11) is 0. The summed E-state index contributed by atoms with van der Waals surface area (Å²) in [6.07, 6.45) is 2.44. The van der Waals surface area contributed by atoms with E-state index in [1.807, 2.05) is 49.4 Å². The number of rotatable bonds is 10. The van der Waals surface area contributed by atoms with E-state index in [1.165, 1.54) is 6.07 Å². The quantitative estimate of drug-likeness (QED) is 0.442. The van der Waals surface area contributed by atoms with E-state index in [2.05, 4.69) is 25.2 Å². The molecule has 2 unspecified atom stereocenters. The molecule has 1 aromatic heterocycles. The molecule has 34 heavy (non-hydrogen) atoms. The molecule has 0 aliphatic carbocycles. The largest absolute Gasteiger partial charge is 0.481 e. The Morgan fingerprint density at radius 2 is 1.82 bits per heavy atom. The predicted octanol–water partition coefficient (Wildman–Crippen LogP) is 5.09. The maximum absolute atomic E-state index is 12.4. The highest BCUT2D eigenvalue weighted by atomic mass is 16.4. The summed E-state index contributed by atoms with van der Waals surface area (Å²) in [5, 5.41) is 22.7. The van der Waals surface area contributed by atoms with Crippen LogP contribution in [-0.2, 0) is 4.79 Å². The molecule has 2 N–H and O–H groups in total. The summed E-state index contributed by atoms with van der Waals surface area (Å²) in [4.78, 5) is 24.2. The van der Waals surface area contributed by atoms with Gasteiger partial charge in [0.1, 0.15) is 0 Å². The van der Waals surface area contributed by atoms with Gasteiger partial charge >= 0.3 is 5.97 Å². The fourth-order valence-electron chi connectivity index (χ4n) is 4.32. The zero-order valence-corrected chi connectivity index (χ0v) is 19.9. The van der Waals surface area contributed by atoms with Gasteiger partial charge in [0.05, 0.1) is 18.1 Å². The van der Waals surface area contributed by atoms with Gasteiger partial charge in [-0.25, -0.2) is 0 Å². The molecule has 3 rings (SSSR count). The zero-order chi connectivity index (χ0) is 24.7. The van der Waals surface area contributed by atoms with Crippen LogP contribution in [0.2, 0.25) is 0 Å². The number of aryl methyl sites for hydroxylation is 1. The highest BCUT2D eigenvalue weighted by Gasteiger charge is 2.21. The van der Waals surface area contributed by atoms with Gasteiger partial charge < -0.3 is 15.0 Å². The number of nitrogens with one attached hydrogen (secondary N) is 1. The molecule has 6 nitrogen and oxygen atoms in total. The number of hydrogen-bond acceptors (Lipinski definition) is 4. The number of pyridine rings is 1. The molecule has 3 aromatic rings. The van der Waals surface area contributed by atoms with Crippen LogP contribution in [-0.4, -0.2) is 22.2 Å². The maximum Gasteiger partial charge on any atom is 0.305 e. The van der Waals surface area contributed by atoms with Gasteiger partial charge in [0, 0.05) is 36.5 Å². The number of nitriles is 1. The van der Waals surface area contributed by atoms with Crippen LogP contribution in [0.1, 0.15) is 55.5 Å². The van der Waals surface area contributed by atoms with Crippen molar-refractivity contribution in [3.63, 3.8) is 0 Å². The highest BCUT2D eigenvalue weighted by Crippen LogP contribution is 2.30. The number of carboxylic acid groups (broad SMARTS) is 1. The van der Waals surface area contributed by atoms with Gasteiger partial charge in [-0.15, -0.1) is 0 Å². The fourth-order valence-corrected chi connectivity index (χ4v) is 4.32. The molecular formula is C28H31N3O3. The van der Waals surface area contributed by atoms with Gasteiger partial charge in [-0.05, 0) is 54.2 Å². The summed E-state index contributed by atoms with van der Waals surface area (Å²) in [6, 6.07) is 20.1. The monoisotopic (exact) mass is 457 g/mol. The molecule has 0 amide bonds. The van der Waals surface area contributed by atoms with E-state index in [9.17, 15) is 20.0 Å². The summed E-state index contributed by atoms with van der Waals surface area (Å²) in [5.74, 6) is -0.559. The zero-order valence-electron chi connectivity index (χ0n) is 19.9. The third kappa shape index (κ3) is 6.21. The Bertz CT molecular complexity index is 1240. The summed E-state index contributed by atoms with van der Waals surface area (Å²) < 4.78 is 1.71. The van der Waals surface area contributed by atoms with E-state index in [0.717, 1.165) is 28.7 Å². The lowest BCUT2D eigenvalue weighted by Gasteiger charge is -2.26. The number of nitrogens with zero attached hydrogens (tertiary/aromatic N) is 2. The van der Waals surface area contributed by atoms with E-state index >= 15 is 0 Å². The number of aliphatic carboxylic acids is 1. The maximum atomic E-state index is 12.4. The molecule has 6 heteroatoms. The van der Waals surface area contributed by atoms with Gasteiger partial charge in [0.15, 0.2) is 0 Å². The summed E-state index contributed by atoms with van der Waals surface area (Å²) in [6.45, 7) is 6.64. The van der Waals surface area contributed by atoms with Crippen molar-refractivity contribution in [1.82, 2.24) is 9.88 Å². The van der Waals surface area contributed by atoms with Gasteiger partial charge in [0.2, 0.25) is 0 Å². The first kappa shape index (κ1) is 24.9. The van der Waals surface area contributed by atoms with Crippen molar-refractivity contribution in [2.45, 2.75) is 45.7 Å². The van der Waals surface area contributed by atoms with Crippen molar-refractivity contribution in [3.05, 3.63) is 93.9 Å². The van der Waals surface area contributed by atoms with Gasteiger partial charge in [-0.3, -0.25) is 9.59 Å². The standard InChI is InChI=1S/C28H31N3O3/c1-19(2)14-23(31-13-7-6-10-27(31)32)18-30-26(16-28(33)34)21-11-12-22(17-29)25(15-21)24-9-5-4-8-20(24)3/h4-13,15,19,23,26,30H,14,16,18H2,1-3H3,(H,33,34). The van der Waals surface area contributed by atoms with Crippen LogP contribution in [0.3, 0.4) is 0 Å². The van der Waals surface area contributed by atoms with Crippen molar-refractivity contribution in [2.75, 3.05) is 6.54 Å². The van der Waals surface area contributed by atoms with E-state index in [-0.39, 0.29) is 18.0 Å². The first-order valence-corrected chi connectivity index (χ1v) is 11.5. The Balaban J connectivity index is 1.96. The Hall–Kier alpha value is -3.69. The molecule has 0 saturated carbocycles. The molecule has 0 bridgehead atoms. The first-order chi connectivity index (χ1) is 16.3. The number of benzene rings is 2. The third-order valence-electron chi connectivity index (χ3n) is 5.97. The second-order valence-corrected chi connectivity index (χ2v) is 9.02. The Kier molecular flexibility index (Phi) is 8.39. The van der Waals surface area contributed by atoms with Crippen LogP contribution in [0.15, 0.2) is 71.7 Å². The molecule has 2 atom stereocenters. The topological polar surface area (TPSA) is 95.1 Å². The SMILES string of the molecule is Cc1ccccc1-c1cc(C(CC(=O)O)NCC(CC(C)C)n2ccccc2=O)ccc1C#N. The Morgan fingerprint density at radius 3 is 2.47 bits per heavy atom. The molecular weight excluding hydrogens is 426 g/mol. The van der Waals surface area contributed by atoms with Crippen molar-refractivity contribution >= 4 is 5.97 Å². The Labute approximate surface area is 200 Å². The van der Waals surface area contributed by atoms with Gasteiger partial charge in [-0.2, -0.15) is 5.26 Å². The normalized spacial score (nSPS) is 12.8. The molecule has 0 aliphatic rings. The number of carboxylic acids is 1. The lowest BCUT2D eigenvalue weighted by molar-refractivity contribution is -0.137. The second kappa shape index (κ2) is 11.4. The van der Waals surface area contributed by atoms with E-state index in [4.69, 9.17) is 0 Å². The number of carbonyl (C=O) groups is 1. The van der Waals surface area contributed by atoms with Crippen LogP contribution in [0.25, 0.3) is 11.1 Å². The fraction of sp³-hybridized carbons (Fsp3) is 0.321. The van der Waals surface area contributed by atoms with Crippen LogP contribution >= 0.6 is 0 Å². The molecule has 0 spiro atoms. The average molecular weight is 458 g/mol. The van der Waals surface area contributed by atoms with Crippen molar-refractivity contribution in [3.8, 4) is 17.2 Å². The number of aromatic nitrogens is 1. The minimum Gasteiger partial charge on any atom is -0.481 e. The predicted molar refractivity (Wildman–Crippen MR) is 134 cm³/mol. The number of hydrogen-bond donors (Lipinski definition) is 2. The molecule has 0 saturated heterocycles. The molecule has 2 aromatic carbocycles. The van der Waals surface area contributed by atoms with E-state index < -0.39 is 12.0 Å². The van der Waals surface area contributed by atoms with E-state index in [0.29, 0.717) is 18.0 Å². The Morgan fingerprint density at radius 1 is 1.09 bits per heavy atom. The van der Waals surface area contributed by atoms with Crippen molar-refractivity contribution < 1.29 is 9.90 Å². The summed E-state index contributed by atoms with van der Waals surface area (Å²) >= 11 is 0. The summed E-state index contributed by atoms with van der Waals surface area (Å²) in [5.41, 5.74) is 4.03. The van der Waals surface area contributed by atoms with Gasteiger partial charge in [-0.1, -0.05) is 50.2 Å². The van der Waals surface area contributed by atoms with Crippen LogP contribution in [0, 0.1) is 24.2 Å². The van der Waals surface area contributed by atoms with Crippen LogP contribution in [0.4, 0.5) is 0 Å². The molecule has 0 fully saturated rings. The molecule has 0 radical (unpaired) electrons. The third-order valence-corrected chi connectivity index (χ3v) is 5.97. The lowest BCUT2D eigenvalue weighted by Crippen LogP contribution is -2.35. The lowest BCUT2D eigenvalue weighted by atomic mass is 9.92. The van der Waals surface area contributed by atoms with Crippen LogP contribution < -0.4 is 10.9 Å². The average Bonchev–Trinajstić information content (AvgIpc) is 2.80. The molecule has 176 valence electrons. The molecule has 0 aliphatic heterocycles. The minimum atomic E-state index is -0.920. The van der Waals surface area contributed by atoms with E-state index in [1.54, 1.807) is 22.9 Å². The van der Waals surface area contributed by atoms with Gasteiger partial charge in [0.25, 0.3) is 5.56 Å². The highest BCUT2D eigenvalue weighted by molar-refractivity contribution is 5.74. The van der Waals surface area contributed by atoms with Crippen molar-refractivity contribution in [2.24, 2.45) is 5.92 Å².